The lowest BCUT2D eigenvalue weighted by atomic mass is 10.0. The normalized spacial score (nSPS) is 17.3. The summed E-state index contributed by atoms with van der Waals surface area (Å²) in [7, 11) is 1.70. The van der Waals surface area contributed by atoms with Gasteiger partial charge in [0.15, 0.2) is 0 Å². The van der Waals surface area contributed by atoms with E-state index in [-0.39, 0.29) is 6.03 Å². The van der Waals surface area contributed by atoms with Crippen LogP contribution in [0.5, 0.6) is 5.75 Å². The zero-order valence-electron chi connectivity index (χ0n) is 18.8. The number of benzene rings is 1. The maximum Gasteiger partial charge on any atom is 0.325 e. The van der Waals surface area contributed by atoms with Crippen molar-refractivity contribution >= 4 is 17.5 Å². The van der Waals surface area contributed by atoms with Crippen molar-refractivity contribution in [3.63, 3.8) is 0 Å². The molecule has 1 aromatic heterocycles. The van der Waals surface area contributed by atoms with Crippen LogP contribution in [0.2, 0.25) is 0 Å². The molecule has 2 fully saturated rings. The number of rotatable bonds is 6. The number of hydrogen-bond acceptors (Lipinski definition) is 5. The van der Waals surface area contributed by atoms with Gasteiger partial charge >= 0.3 is 6.03 Å². The second kappa shape index (κ2) is 10.6. The smallest absolute Gasteiger partial charge is 0.325 e. The van der Waals surface area contributed by atoms with E-state index < -0.39 is 5.95 Å². The number of anilines is 2. The van der Waals surface area contributed by atoms with Crippen LogP contribution in [-0.2, 0) is 0 Å². The third-order valence-electron chi connectivity index (χ3n) is 6.27. The first-order chi connectivity index (χ1) is 15.7. The summed E-state index contributed by atoms with van der Waals surface area (Å²) in [6, 6.07) is 12.6. The highest BCUT2D eigenvalue weighted by molar-refractivity contribution is 5.91. The van der Waals surface area contributed by atoms with E-state index >= 15 is 0 Å². The number of para-hydroxylation sites is 2. The molecule has 7 nitrogen and oxygen atoms in total. The molecule has 1 aromatic carbocycles. The van der Waals surface area contributed by atoms with E-state index in [0.717, 1.165) is 76.5 Å². The van der Waals surface area contributed by atoms with E-state index in [9.17, 15) is 9.18 Å². The molecule has 0 aliphatic carbocycles. The number of likely N-dealkylation sites (tertiary alicyclic amines) is 1. The second-order valence-corrected chi connectivity index (χ2v) is 8.30. The van der Waals surface area contributed by atoms with Gasteiger partial charge in [-0.25, -0.2) is 9.78 Å². The van der Waals surface area contributed by atoms with Gasteiger partial charge in [-0.05, 0) is 43.5 Å². The lowest BCUT2D eigenvalue weighted by Gasteiger charge is -2.38. The monoisotopic (exact) mass is 440 g/mol. The quantitative estimate of drug-likeness (QED) is 0.644. The third-order valence-corrected chi connectivity index (χ3v) is 6.27. The van der Waals surface area contributed by atoms with Gasteiger partial charge in [0.25, 0.3) is 0 Å². The molecule has 0 saturated carbocycles. The van der Waals surface area contributed by atoms with Crippen molar-refractivity contribution in [1.82, 2.24) is 14.8 Å². The van der Waals surface area contributed by atoms with Gasteiger partial charge in [-0.15, -0.1) is 0 Å². The molecular weight excluding hydrogens is 408 g/mol. The number of aromatic nitrogens is 1. The molecule has 2 aliphatic rings. The first-order valence-corrected chi connectivity index (χ1v) is 11.4. The van der Waals surface area contributed by atoms with Crippen molar-refractivity contribution in [1.29, 1.82) is 0 Å². The molecule has 2 saturated heterocycles. The molecule has 2 aliphatic heterocycles. The molecule has 0 spiro atoms. The number of urea groups is 1. The Hall–Kier alpha value is -2.87. The molecule has 0 bridgehead atoms. The Morgan fingerprint density at radius 1 is 1.00 bits per heavy atom. The molecule has 32 heavy (non-hydrogen) atoms. The Morgan fingerprint density at radius 2 is 1.75 bits per heavy atom. The molecule has 2 aromatic rings. The number of carbonyl (C=O) groups excluding carboxylic acids is 1. The van der Waals surface area contributed by atoms with Gasteiger partial charge in [-0.1, -0.05) is 18.2 Å². The molecule has 3 heterocycles. The van der Waals surface area contributed by atoms with Gasteiger partial charge in [0.2, 0.25) is 5.95 Å². The predicted molar refractivity (Wildman–Crippen MR) is 124 cm³/mol. The summed E-state index contributed by atoms with van der Waals surface area (Å²) in [6.45, 7) is 6.26. The van der Waals surface area contributed by atoms with Crippen molar-refractivity contribution in [3.05, 3.63) is 48.4 Å². The van der Waals surface area contributed by atoms with E-state index in [1.165, 1.54) is 6.07 Å². The van der Waals surface area contributed by atoms with Crippen LogP contribution in [0.1, 0.15) is 19.3 Å². The van der Waals surface area contributed by atoms with Crippen LogP contribution in [0, 0.1) is 5.95 Å². The number of methoxy groups -OCH3 is 1. The standard InChI is InChI=1S/C24H32FN5O2/c1-32-21-9-4-3-8-20(21)28-17-14-27(15-18-28)16-19-30(23-11-7-10-22(25)26-23)24(31)29-12-5-2-6-13-29/h3-4,7-11H,2,5-6,12-19H2,1H3/i24-1. The topological polar surface area (TPSA) is 52.2 Å². The van der Waals surface area contributed by atoms with Crippen LogP contribution in [0.25, 0.3) is 0 Å². The van der Waals surface area contributed by atoms with E-state index in [0.29, 0.717) is 12.4 Å². The van der Waals surface area contributed by atoms with Gasteiger partial charge in [-0.2, -0.15) is 4.39 Å². The maximum atomic E-state index is 13.8. The summed E-state index contributed by atoms with van der Waals surface area (Å²) < 4.78 is 19.3. The SMILES string of the molecule is COc1ccccc1N1CCN(CCN(c2cccc(F)n2)[11C](=O)N2CCCCC2)CC1. The number of hydrogen-bond donors (Lipinski definition) is 0. The minimum Gasteiger partial charge on any atom is -0.495 e. The van der Waals surface area contributed by atoms with Crippen LogP contribution in [0.15, 0.2) is 42.5 Å². The van der Waals surface area contributed by atoms with Crippen LogP contribution in [0.4, 0.5) is 20.7 Å². The number of piperidine rings is 1. The third kappa shape index (κ3) is 5.30. The number of nitrogens with zero attached hydrogens (tertiary/aromatic N) is 5. The number of halogens is 1. The van der Waals surface area contributed by atoms with Gasteiger partial charge in [0.05, 0.1) is 12.8 Å². The van der Waals surface area contributed by atoms with Crippen molar-refractivity contribution < 1.29 is 13.9 Å². The summed E-state index contributed by atoms with van der Waals surface area (Å²) in [6.07, 6.45) is 3.18. The summed E-state index contributed by atoms with van der Waals surface area (Å²) in [5.41, 5.74) is 1.11. The Balaban J connectivity index is 1.38. The minimum absolute atomic E-state index is 0.0737. The largest absolute Gasteiger partial charge is 0.495 e. The zero-order chi connectivity index (χ0) is 22.3. The van der Waals surface area contributed by atoms with Gasteiger partial charge < -0.3 is 14.5 Å². The average Bonchev–Trinajstić information content (AvgIpc) is 2.85. The van der Waals surface area contributed by atoms with Crippen LogP contribution in [-0.4, -0.2) is 80.3 Å². The van der Waals surface area contributed by atoms with E-state index in [2.05, 4.69) is 20.9 Å². The van der Waals surface area contributed by atoms with E-state index in [4.69, 9.17) is 4.74 Å². The Bertz CT molecular complexity index is 897. The summed E-state index contributed by atoms with van der Waals surface area (Å²) in [5, 5.41) is 0. The fourth-order valence-electron chi connectivity index (χ4n) is 4.46. The number of piperazine rings is 1. The fraction of sp³-hybridized carbons (Fsp3) is 0.500. The van der Waals surface area contributed by atoms with E-state index in [1.54, 1.807) is 24.1 Å². The number of amides is 2. The molecule has 2 amide bonds. The fourth-order valence-corrected chi connectivity index (χ4v) is 4.46. The molecule has 4 rings (SSSR count). The Morgan fingerprint density at radius 3 is 2.47 bits per heavy atom. The highest BCUT2D eigenvalue weighted by Gasteiger charge is 2.26. The predicted octanol–water partition coefficient (Wildman–Crippen LogP) is 3.46. The maximum absolute atomic E-state index is 13.8. The molecule has 0 radical (unpaired) electrons. The second-order valence-electron chi connectivity index (χ2n) is 8.30. The minimum atomic E-state index is -0.565. The molecule has 0 N–H and O–H groups in total. The molecule has 172 valence electrons. The van der Waals surface area contributed by atoms with Crippen molar-refractivity contribution in [2.75, 3.05) is 69.3 Å². The molecule has 0 unspecified atom stereocenters. The first-order valence-electron chi connectivity index (χ1n) is 11.4. The summed E-state index contributed by atoms with van der Waals surface area (Å²) in [4.78, 5) is 25.4. The van der Waals surface area contributed by atoms with Crippen molar-refractivity contribution in [3.8, 4) is 5.75 Å². The molecule has 0 atom stereocenters. The highest BCUT2D eigenvalue weighted by atomic mass is 19.1. The summed E-state index contributed by atoms with van der Waals surface area (Å²) >= 11 is 0. The summed E-state index contributed by atoms with van der Waals surface area (Å²) in [5.74, 6) is 0.703. The lowest BCUT2D eigenvalue weighted by molar-refractivity contribution is 0.190. The zero-order valence-corrected chi connectivity index (χ0v) is 18.8. The van der Waals surface area contributed by atoms with Crippen LogP contribution < -0.4 is 14.5 Å². The van der Waals surface area contributed by atoms with E-state index in [1.807, 2.05) is 23.1 Å². The van der Waals surface area contributed by atoms with Gasteiger partial charge in [-0.3, -0.25) is 9.80 Å². The number of ether oxygens (including phenoxy) is 1. The number of carbonyl (C=O) groups is 1. The first kappa shape index (κ1) is 22.3. The number of pyridine rings is 1. The van der Waals surface area contributed by atoms with Crippen LogP contribution in [0.3, 0.4) is 0 Å². The van der Waals surface area contributed by atoms with Crippen molar-refractivity contribution in [2.45, 2.75) is 19.3 Å². The van der Waals surface area contributed by atoms with Crippen molar-refractivity contribution in [2.24, 2.45) is 0 Å². The average molecular weight is 441 g/mol. The molecular formula is C24H32FN5O2. The van der Waals surface area contributed by atoms with Gasteiger partial charge in [0.1, 0.15) is 11.6 Å². The van der Waals surface area contributed by atoms with Crippen LogP contribution >= 0.6 is 0 Å². The Kier molecular flexibility index (Phi) is 7.42. The Labute approximate surface area is 189 Å². The van der Waals surface area contributed by atoms with Gasteiger partial charge in [0, 0.05) is 52.4 Å². The highest BCUT2D eigenvalue weighted by Crippen LogP contribution is 2.28. The lowest BCUT2D eigenvalue weighted by Crippen LogP contribution is -2.51. The molecule has 8 heteroatoms.